The molecule has 1 aliphatic carbocycles. The van der Waals surface area contributed by atoms with Crippen molar-refractivity contribution in [3.8, 4) is 0 Å². The number of carboxylic acids is 1. The number of benzene rings is 1. The third-order valence-corrected chi connectivity index (χ3v) is 2.98. The van der Waals surface area contributed by atoms with Crippen LogP contribution in [-0.4, -0.2) is 29.1 Å². The molecule has 1 aliphatic rings. The van der Waals surface area contributed by atoms with Gasteiger partial charge in [-0.15, -0.1) is 0 Å². The molecule has 6 heteroatoms. The fourth-order valence-corrected chi connectivity index (χ4v) is 1.72. The Kier molecular flexibility index (Phi) is 3.59. The van der Waals surface area contributed by atoms with E-state index in [-0.39, 0.29) is 17.2 Å². The minimum absolute atomic E-state index is 0.0561. The number of carbonyl (C=O) groups excluding carboxylic acids is 1. The monoisotopic (exact) mass is 263 g/mol. The molecule has 2 rings (SSSR count). The normalized spacial score (nSPS) is 15.6. The van der Waals surface area contributed by atoms with Gasteiger partial charge < -0.3 is 21.5 Å². The zero-order valence-corrected chi connectivity index (χ0v) is 10.6. The van der Waals surface area contributed by atoms with Gasteiger partial charge in [0.1, 0.15) is 6.04 Å². The first-order valence-corrected chi connectivity index (χ1v) is 6.17. The van der Waals surface area contributed by atoms with E-state index in [1.165, 1.54) is 12.1 Å². The summed E-state index contributed by atoms with van der Waals surface area (Å²) < 4.78 is 0. The van der Waals surface area contributed by atoms with Gasteiger partial charge in [-0.3, -0.25) is 4.79 Å². The summed E-state index contributed by atoms with van der Waals surface area (Å²) in [4.78, 5) is 22.6. The fourth-order valence-electron chi connectivity index (χ4n) is 1.72. The van der Waals surface area contributed by atoms with E-state index >= 15 is 0 Å². The van der Waals surface area contributed by atoms with Crippen molar-refractivity contribution >= 4 is 23.3 Å². The lowest BCUT2D eigenvalue weighted by Gasteiger charge is -2.15. The predicted octanol–water partition coefficient (Wildman–Crippen LogP) is 1.05. The Balaban J connectivity index is 1.99. The maximum absolute atomic E-state index is 11.8. The Morgan fingerprint density at radius 2 is 2.11 bits per heavy atom. The van der Waals surface area contributed by atoms with E-state index in [1.54, 1.807) is 13.0 Å². The lowest BCUT2D eigenvalue weighted by Crippen LogP contribution is -2.38. The first-order valence-electron chi connectivity index (χ1n) is 6.17. The van der Waals surface area contributed by atoms with E-state index in [4.69, 9.17) is 10.8 Å². The zero-order valence-electron chi connectivity index (χ0n) is 10.6. The minimum Gasteiger partial charge on any atom is -0.478 e. The van der Waals surface area contributed by atoms with Gasteiger partial charge in [0.15, 0.2) is 0 Å². The number of carbonyl (C=O) groups is 2. The van der Waals surface area contributed by atoms with Crippen LogP contribution in [0, 0.1) is 0 Å². The molecule has 102 valence electrons. The van der Waals surface area contributed by atoms with Crippen LogP contribution in [0.3, 0.4) is 0 Å². The maximum Gasteiger partial charge on any atom is 0.337 e. The lowest BCUT2D eigenvalue weighted by atomic mass is 10.1. The first kappa shape index (κ1) is 13.2. The van der Waals surface area contributed by atoms with Gasteiger partial charge in [0.05, 0.1) is 5.56 Å². The first-order chi connectivity index (χ1) is 8.97. The molecule has 1 atom stereocenters. The number of nitrogens with one attached hydrogen (secondary N) is 2. The van der Waals surface area contributed by atoms with Crippen molar-refractivity contribution in [3.63, 3.8) is 0 Å². The molecule has 0 aromatic heterocycles. The Bertz CT molecular complexity index is 512. The van der Waals surface area contributed by atoms with Gasteiger partial charge in [0.25, 0.3) is 0 Å². The largest absolute Gasteiger partial charge is 0.478 e. The highest BCUT2D eigenvalue weighted by molar-refractivity contribution is 5.94. The van der Waals surface area contributed by atoms with Gasteiger partial charge in [0.2, 0.25) is 5.91 Å². The molecule has 1 saturated carbocycles. The summed E-state index contributed by atoms with van der Waals surface area (Å²) in [6.45, 7) is 1.75. The second-order valence-electron chi connectivity index (χ2n) is 4.76. The van der Waals surface area contributed by atoms with Gasteiger partial charge in [-0.05, 0) is 38.0 Å². The average molecular weight is 263 g/mol. The third kappa shape index (κ3) is 3.37. The number of rotatable bonds is 5. The van der Waals surface area contributed by atoms with Crippen molar-refractivity contribution in [3.05, 3.63) is 23.8 Å². The number of amides is 1. The molecule has 0 spiro atoms. The summed E-state index contributed by atoms with van der Waals surface area (Å²) in [5.74, 6) is -1.13. The van der Waals surface area contributed by atoms with Crippen LogP contribution in [-0.2, 0) is 4.79 Å². The van der Waals surface area contributed by atoms with Crippen LogP contribution in [0.2, 0.25) is 0 Å². The molecular formula is C13H17N3O3. The van der Waals surface area contributed by atoms with E-state index in [1.807, 2.05) is 0 Å². The van der Waals surface area contributed by atoms with Crippen LogP contribution < -0.4 is 16.4 Å². The molecule has 1 aromatic carbocycles. The SMILES string of the molecule is CC(Nc1ccc(C(=O)O)c(N)c1)C(=O)NC1CC1. The third-order valence-electron chi connectivity index (χ3n) is 2.98. The summed E-state index contributed by atoms with van der Waals surface area (Å²) in [6, 6.07) is 4.46. The van der Waals surface area contributed by atoms with Crippen LogP contribution in [0.25, 0.3) is 0 Å². The highest BCUT2D eigenvalue weighted by atomic mass is 16.4. The zero-order chi connectivity index (χ0) is 14.0. The highest BCUT2D eigenvalue weighted by Gasteiger charge is 2.25. The van der Waals surface area contributed by atoms with E-state index in [9.17, 15) is 9.59 Å². The van der Waals surface area contributed by atoms with Crippen LogP contribution in [0.4, 0.5) is 11.4 Å². The van der Waals surface area contributed by atoms with Gasteiger partial charge in [-0.25, -0.2) is 4.79 Å². The Morgan fingerprint density at radius 3 is 2.63 bits per heavy atom. The molecule has 0 radical (unpaired) electrons. The molecule has 19 heavy (non-hydrogen) atoms. The van der Waals surface area contributed by atoms with Crippen molar-refractivity contribution in [2.75, 3.05) is 11.1 Å². The number of hydrogen-bond donors (Lipinski definition) is 4. The molecule has 0 aliphatic heterocycles. The van der Waals surface area contributed by atoms with Crippen LogP contribution in [0.5, 0.6) is 0 Å². The van der Waals surface area contributed by atoms with Crippen molar-refractivity contribution in [1.82, 2.24) is 5.32 Å². The summed E-state index contributed by atoms with van der Waals surface area (Å²) in [7, 11) is 0. The van der Waals surface area contributed by atoms with E-state index in [2.05, 4.69) is 10.6 Å². The molecule has 5 N–H and O–H groups in total. The van der Waals surface area contributed by atoms with Crippen LogP contribution in [0.15, 0.2) is 18.2 Å². The number of anilines is 2. The molecular weight excluding hydrogens is 246 g/mol. The van der Waals surface area contributed by atoms with Gasteiger partial charge in [0, 0.05) is 17.4 Å². The maximum atomic E-state index is 11.8. The summed E-state index contributed by atoms with van der Waals surface area (Å²) in [5, 5.41) is 14.8. The Labute approximate surface area is 111 Å². The second-order valence-corrected chi connectivity index (χ2v) is 4.76. The smallest absolute Gasteiger partial charge is 0.337 e. The fraction of sp³-hybridized carbons (Fsp3) is 0.385. The number of carboxylic acid groups (broad SMARTS) is 1. The van der Waals surface area contributed by atoms with Crippen molar-refractivity contribution in [1.29, 1.82) is 0 Å². The molecule has 0 heterocycles. The van der Waals surface area contributed by atoms with E-state index in [0.29, 0.717) is 11.7 Å². The molecule has 1 unspecified atom stereocenters. The lowest BCUT2D eigenvalue weighted by molar-refractivity contribution is -0.121. The second kappa shape index (κ2) is 5.17. The predicted molar refractivity (Wildman–Crippen MR) is 72.1 cm³/mol. The Morgan fingerprint density at radius 1 is 1.42 bits per heavy atom. The van der Waals surface area contributed by atoms with Crippen LogP contribution in [0.1, 0.15) is 30.1 Å². The molecule has 1 aromatic rings. The minimum atomic E-state index is -1.07. The topological polar surface area (TPSA) is 104 Å². The number of hydrogen-bond acceptors (Lipinski definition) is 4. The van der Waals surface area contributed by atoms with E-state index < -0.39 is 12.0 Å². The Hall–Kier alpha value is -2.24. The van der Waals surface area contributed by atoms with Crippen LogP contribution >= 0.6 is 0 Å². The summed E-state index contributed by atoms with van der Waals surface area (Å²) in [6.07, 6.45) is 2.08. The van der Waals surface area contributed by atoms with Gasteiger partial charge >= 0.3 is 5.97 Å². The quantitative estimate of drug-likeness (QED) is 0.594. The molecule has 1 amide bonds. The summed E-state index contributed by atoms with van der Waals surface area (Å²) >= 11 is 0. The van der Waals surface area contributed by atoms with E-state index in [0.717, 1.165) is 12.8 Å². The van der Waals surface area contributed by atoms with Gasteiger partial charge in [-0.2, -0.15) is 0 Å². The standard InChI is InChI=1S/C13H17N3O3/c1-7(12(17)16-8-2-3-8)15-9-4-5-10(13(18)19)11(14)6-9/h4-8,15H,2-3,14H2,1H3,(H,16,17)(H,18,19). The van der Waals surface area contributed by atoms with Crippen molar-refractivity contribution in [2.24, 2.45) is 0 Å². The highest BCUT2D eigenvalue weighted by Crippen LogP contribution is 2.20. The average Bonchev–Trinajstić information content (AvgIpc) is 3.12. The number of aromatic carboxylic acids is 1. The summed E-state index contributed by atoms with van der Waals surface area (Å²) in [5.41, 5.74) is 6.50. The molecule has 0 saturated heterocycles. The number of nitrogen functional groups attached to an aromatic ring is 1. The van der Waals surface area contributed by atoms with Crippen molar-refractivity contribution in [2.45, 2.75) is 31.8 Å². The number of nitrogens with two attached hydrogens (primary N) is 1. The molecule has 6 nitrogen and oxygen atoms in total. The van der Waals surface area contributed by atoms with Gasteiger partial charge in [-0.1, -0.05) is 0 Å². The van der Waals surface area contributed by atoms with Crippen molar-refractivity contribution < 1.29 is 14.7 Å². The molecule has 1 fully saturated rings. The molecule has 0 bridgehead atoms.